The Hall–Kier alpha value is -3.25. The van der Waals surface area contributed by atoms with E-state index in [0.717, 1.165) is 0 Å². The normalized spacial score (nSPS) is 19.1. The number of rotatable bonds is 4. The number of nitrogens with zero attached hydrogens (tertiary/aromatic N) is 5. The van der Waals surface area contributed by atoms with Crippen LogP contribution in [0.2, 0.25) is 0 Å². The van der Waals surface area contributed by atoms with Crippen LogP contribution in [0, 0.1) is 17.1 Å². The van der Waals surface area contributed by atoms with E-state index in [4.69, 9.17) is 5.73 Å². The zero-order chi connectivity index (χ0) is 18.3. The molecular formula is C17H16FN7O. The first-order valence-electron chi connectivity index (χ1n) is 8.15. The van der Waals surface area contributed by atoms with Gasteiger partial charge in [0.2, 0.25) is 0 Å². The number of aliphatic hydroxyl groups excluding tert-OH is 1. The van der Waals surface area contributed by atoms with Gasteiger partial charge in [0, 0.05) is 6.04 Å². The number of aliphatic hydroxyl groups is 1. The number of aromatic nitrogens is 4. The van der Waals surface area contributed by atoms with E-state index in [9.17, 15) is 14.8 Å². The quantitative estimate of drug-likeness (QED) is 0.652. The number of benzene rings is 1. The molecule has 3 aromatic rings. The number of nitriles is 1. The standard InChI is InChI=1S/C17H16FN7O/c18-9-1-2-13-14(3-9)25(10-4-11(26)5-10)15(24-13)7-21-17-12(6-19)16(20)22-8-23-17/h1-3,8,10-11,26H,4-5,7H2,(H3,20,21,22,23). The fourth-order valence-corrected chi connectivity index (χ4v) is 3.22. The third kappa shape index (κ3) is 2.70. The molecule has 1 aromatic carbocycles. The fourth-order valence-electron chi connectivity index (χ4n) is 3.22. The number of hydrogen-bond acceptors (Lipinski definition) is 7. The molecule has 0 aliphatic heterocycles. The van der Waals surface area contributed by atoms with Crippen molar-refractivity contribution in [2.24, 2.45) is 0 Å². The Balaban J connectivity index is 1.69. The molecule has 1 saturated carbocycles. The number of nitrogen functional groups attached to an aromatic ring is 1. The molecule has 0 amide bonds. The lowest BCUT2D eigenvalue weighted by Gasteiger charge is -2.34. The maximum atomic E-state index is 13.7. The predicted octanol–water partition coefficient (Wildman–Crippen LogP) is 1.73. The van der Waals surface area contributed by atoms with Crippen LogP contribution < -0.4 is 11.1 Å². The van der Waals surface area contributed by atoms with Crippen molar-refractivity contribution in [1.82, 2.24) is 19.5 Å². The van der Waals surface area contributed by atoms with Crippen molar-refractivity contribution in [3.05, 3.63) is 41.7 Å². The minimum atomic E-state index is -0.348. The SMILES string of the molecule is N#Cc1c(N)ncnc1NCc1nc2ccc(F)cc2n1C1CC(O)C1. The monoisotopic (exact) mass is 353 g/mol. The highest BCUT2D eigenvalue weighted by Gasteiger charge is 2.31. The molecule has 2 heterocycles. The highest BCUT2D eigenvalue weighted by atomic mass is 19.1. The molecule has 4 rings (SSSR count). The van der Waals surface area contributed by atoms with E-state index in [1.54, 1.807) is 6.07 Å². The molecule has 132 valence electrons. The minimum Gasteiger partial charge on any atom is -0.393 e. The van der Waals surface area contributed by atoms with Gasteiger partial charge in [-0.05, 0) is 31.0 Å². The zero-order valence-corrected chi connectivity index (χ0v) is 13.7. The number of hydrogen-bond donors (Lipinski definition) is 3. The summed E-state index contributed by atoms with van der Waals surface area (Å²) in [5.74, 6) is 0.748. The topological polar surface area (TPSA) is 126 Å². The van der Waals surface area contributed by atoms with E-state index in [-0.39, 0.29) is 35.9 Å². The Bertz CT molecular complexity index is 1020. The summed E-state index contributed by atoms with van der Waals surface area (Å²) in [4.78, 5) is 12.4. The highest BCUT2D eigenvalue weighted by Crippen LogP contribution is 2.36. The van der Waals surface area contributed by atoms with Crippen LogP contribution in [0.3, 0.4) is 0 Å². The summed E-state index contributed by atoms with van der Waals surface area (Å²) in [6.45, 7) is 0.272. The highest BCUT2D eigenvalue weighted by molar-refractivity contribution is 5.76. The van der Waals surface area contributed by atoms with Gasteiger partial charge in [-0.2, -0.15) is 5.26 Å². The van der Waals surface area contributed by atoms with Gasteiger partial charge in [-0.15, -0.1) is 0 Å². The van der Waals surface area contributed by atoms with Crippen molar-refractivity contribution < 1.29 is 9.50 Å². The number of nitrogens with two attached hydrogens (primary N) is 1. The first-order valence-corrected chi connectivity index (χ1v) is 8.15. The number of halogens is 1. The summed E-state index contributed by atoms with van der Waals surface area (Å²) in [6, 6.07) is 6.47. The smallest absolute Gasteiger partial charge is 0.149 e. The van der Waals surface area contributed by atoms with Gasteiger partial charge in [-0.1, -0.05) is 0 Å². The van der Waals surface area contributed by atoms with Crippen molar-refractivity contribution in [2.45, 2.75) is 31.5 Å². The van der Waals surface area contributed by atoms with Gasteiger partial charge in [0.25, 0.3) is 0 Å². The first kappa shape index (κ1) is 16.2. The first-order chi connectivity index (χ1) is 12.6. The Morgan fingerprint density at radius 3 is 2.92 bits per heavy atom. The van der Waals surface area contributed by atoms with E-state index in [2.05, 4.69) is 20.3 Å². The minimum absolute atomic E-state index is 0.0551. The second kappa shape index (κ2) is 6.24. The van der Waals surface area contributed by atoms with Gasteiger partial charge in [0.05, 0.1) is 23.7 Å². The lowest BCUT2D eigenvalue weighted by molar-refractivity contribution is 0.0491. The lowest BCUT2D eigenvalue weighted by atomic mass is 9.89. The second-order valence-corrected chi connectivity index (χ2v) is 6.26. The molecule has 0 unspecified atom stereocenters. The second-order valence-electron chi connectivity index (χ2n) is 6.26. The third-order valence-electron chi connectivity index (χ3n) is 4.58. The maximum absolute atomic E-state index is 13.7. The van der Waals surface area contributed by atoms with Crippen molar-refractivity contribution in [1.29, 1.82) is 5.26 Å². The zero-order valence-electron chi connectivity index (χ0n) is 13.7. The van der Waals surface area contributed by atoms with Crippen LogP contribution in [0.1, 0.15) is 30.3 Å². The van der Waals surface area contributed by atoms with Gasteiger partial charge >= 0.3 is 0 Å². The van der Waals surface area contributed by atoms with Crippen molar-refractivity contribution in [2.75, 3.05) is 11.1 Å². The van der Waals surface area contributed by atoms with Crippen LogP contribution in [0.5, 0.6) is 0 Å². The summed E-state index contributed by atoms with van der Waals surface area (Å²) >= 11 is 0. The predicted molar refractivity (Wildman–Crippen MR) is 92.5 cm³/mol. The number of nitrogens with one attached hydrogen (secondary N) is 1. The largest absolute Gasteiger partial charge is 0.393 e. The Morgan fingerprint density at radius 1 is 1.38 bits per heavy atom. The number of anilines is 2. The maximum Gasteiger partial charge on any atom is 0.149 e. The molecule has 9 heteroatoms. The summed E-state index contributed by atoms with van der Waals surface area (Å²) in [7, 11) is 0. The molecule has 2 aromatic heterocycles. The van der Waals surface area contributed by atoms with Crippen LogP contribution in [-0.2, 0) is 6.54 Å². The molecular weight excluding hydrogens is 337 g/mol. The van der Waals surface area contributed by atoms with Crippen molar-refractivity contribution in [3.63, 3.8) is 0 Å². The average molecular weight is 353 g/mol. The van der Waals surface area contributed by atoms with Crippen LogP contribution >= 0.6 is 0 Å². The molecule has 4 N–H and O–H groups in total. The molecule has 26 heavy (non-hydrogen) atoms. The van der Waals surface area contributed by atoms with Gasteiger partial charge < -0.3 is 20.7 Å². The van der Waals surface area contributed by atoms with Gasteiger partial charge in [0.15, 0.2) is 0 Å². The molecule has 8 nitrogen and oxygen atoms in total. The molecule has 1 fully saturated rings. The van der Waals surface area contributed by atoms with Gasteiger partial charge in [0.1, 0.15) is 41.2 Å². The van der Waals surface area contributed by atoms with E-state index in [0.29, 0.717) is 35.5 Å². The van der Waals surface area contributed by atoms with Crippen molar-refractivity contribution >= 4 is 22.7 Å². The van der Waals surface area contributed by atoms with Crippen LogP contribution in [0.25, 0.3) is 11.0 Å². The lowest BCUT2D eigenvalue weighted by Crippen LogP contribution is -2.32. The van der Waals surface area contributed by atoms with Crippen LogP contribution in [-0.4, -0.2) is 30.7 Å². The summed E-state index contributed by atoms with van der Waals surface area (Å²) in [6.07, 6.45) is 2.12. The molecule has 1 aliphatic carbocycles. The Labute approximate surface area is 148 Å². The molecule has 1 aliphatic rings. The van der Waals surface area contributed by atoms with Gasteiger partial charge in [-0.3, -0.25) is 0 Å². The third-order valence-corrected chi connectivity index (χ3v) is 4.58. The fraction of sp³-hybridized carbons (Fsp3) is 0.294. The van der Waals surface area contributed by atoms with E-state index in [1.165, 1.54) is 18.5 Å². The van der Waals surface area contributed by atoms with E-state index in [1.807, 2.05) is 10.6 Å². The van der Waals surface area contributed by atoms with E-state index >= 15 is 0 Å². The molecule has 0 atom stereocenters. The van der Waals surface area contributed by atoms with E-state index < -0.39 is 0 Å². The van der Waals surface area contributed by atoms with Crippen LogP contribution in [0.15, 0.2) is 24.5 Å². The Kier molecular flexibility index (Phi) is 3.89. The summed E-state index contributed by atoms with van der Waals surface area (Å²) in [5.41, 5.74) is 7.22. The molecule has 0 radical (unpaired) electrons. The molecule has 0 bridgehead atoms. The average Bonchev–Trinajstić information content (AvgIpc) is 2.94. The number of fused-ring (bicyclic) bond motifs is 1. The number of imidazole rings is 1. The Morgan fingerprint density at radius 2 is 2.19 bits per heavy atom. The van der Waals surface area contributed by atoms with Crippen molar-refractivity contribution in [3.8, 4) is 6.07 Å². The van der Waals surface area contributed by atoms with Gasteiger partial charge in [-0.25, -0.2) is 19.3 Å². The summed E-state index contributed by atoms with van der Waals surface area (Å²) in [5, 5.41) is 21.9. The molecule has 0 saturated heterocycles. The van der Waals surface area contributed by atoms with Crippen LogP contribution in [0.4, 0.5) is 16.0 Å². The summed E-state index contributed by atoms with van der Waals surface area (Å²) < 4.78 is 15.6. The molecule has 0 spiro atoms.